The molecule has 1 atom stereocenters. The van der Waals surface area contributed by atoms with Crippen LogP contribution in [0.2, 0.25) is 0 Å². The summed E-state index contributed by atoms with van der Waals surface area (Å²) in [5, 5.41) is 7.62. The summed E-state index contributed by atoms with van der Waals surface area (Å²) in [4.78, 5) is 31.2. The Labute approximate surface area is 212 Å². The third-order valence-corrected chi connectivity index (χ3v) is 6.42. The summed E-state index contributed by atoms with van der Waals surface area (Å²) in [5.41, 5.74) is 4.24. The molecular formula is C28H24N4O3S. The molecule has 0 bridgehead atoms. The average Bonchev–Trinajstić information content (AvgIpc) is 3.52. The Balaban J connectivity index is 1.25. The number of alkyl carbamates (subject to hydrolysis) is 1. The van der Waals surface area contributed by atoms with Gasteiger partial charge < -0.3 is 15.4 Å². The molecule has 7 nitrogen and oxygen atoms in total. The zero-order valence-electron chi connectivity index (χ0n) is 19.3. The number of imidazole rings is 1. The Kier molecular flexibility index (Phi) is 7.05. The number of thiazole rings is 1. The molecule has 0 saturated carbocycles. The smallest absolute Gasteiger partial charge is 0.408 e. The molecule has 0 spiro atoms. The van der Waals surface area contributed by atoms with Crippen LogP contribution in [0, 0.1) is 0 Å². The van der Waals surface area contributed by atoms with Crippen LogP contribution in [0.3, 0.4) is 0 Å². The first-order chi connectivity index (χ1) is 17.6. The van der Waals surface area contributed by atoms with E-state index >= 15 is 0 Å². The highest BCUT2D eigenvalue weighted by Crippen LogP contribution is 2.23. The van der Waals surface area contributed by atoms with Gasteiger partial charge in [0.15, 0.2) is 4.96 Å². The summed E-state index contributed by atoms with van der Waals surface area (Å²) >= 11 is 1.58. The molecule has 0 aliphatic heterocycles. The van der Waals surface area contributed by atoms with Gasteiger partial charge in [0.25, 0.3) is 0 Å². The molecule has 2 amide bonds. The molecule has 5 aromatic rings. The number of nitrogens with zero attached hydrogens (tertiary/aromatic N) is 2. The van der Waals surface area contributed by atoms with E-state index in [0.717, 1.165) is 27.3 Å². The van der Waals surface area contributed by atoms with Crippen molar-refractivity contribution >= 4 is 34.0 Å². The summed E-state index contributed by atoms with van der Waals surface area (Å²) in [5.74, 6) is -0.328. The van der Waals surface area contributed by atoms with Gasteiger partial charge in [-0.2, -0.15) is 0 Å². The lowest BCUT2D eigenvalue weighted by molar-refractivity contribution is -0.118. The number of anilines is 1. The van der Waals surface area contributed by atoms with E-state index in [1.54, 1.807) is 11.3 Å². The molecule has 3 aromatic carbocycles. The number of carbonyl (C=O) groups excluding carboxylic acids is 2. The largest absolute Gasteiger partial charge is 0.445 e. The molecule has 8 heteroatoms. The number of ether oxygens (including phenoxy) is 1. The number of fused-ring (bicyclic) bond motifs is 1. The second-order valence-corrected chi connectivity index (χ2v) is 9.11. The van der Waals surface area contributed by atoms with Crippen LogP contribution in [0.1, 0.15) is 11.1 Å². The van der Waals surface area contributed by atoms with E-state index in [1.807, 2.05) is 107 Å². The van der Waals surface area contributed by atoms with E-state index < -0.39 is 12.1 Å². The quantitative estimate of drug-likeness (QED) is 0.295. The highest BCUT2D eigenvalue weighted by Gasteiger charge is 2.22. The van der Waals surface area contributed by atoms with E-state index in [-0.39, 0.29) is 12.5 Å². The van der Waals surface area contributed by atoms with Crippen LogP contribution in [0.5, 0.6) is 0 Å². The van der Waals surface area contributed by atoms with Gasteiger partial charge in [0.05, 0.1) is 5.69 Å². The lowest BCUT2D eigenvalue weighted by atomic mass is 10.1. The molecule has 2 aromatic heterocycles. The highest BCUT2D eigenvalue weighted by atomic mass is 32.1. The number of hydrogen-bond acceptors (Lipinski definition) is 5. The van der Waals surface area contributed by atoms with Crippen LogP contribution < -0.4 is 10.6 Å². The maximum Gasteiger partial charge on any atom is 0.408 e. The maximum absolute atomic E-state index is 13.2. The van der Waals surface area contributed by atoms with Gasteiger partial charge in [-0.15, -0.1) is 11.3 Å². The van der Waals surface area contributed by atoms with Crippen molar-refractivity contribution in [1.82, 2.24) is 14.7 Å². The first kappa shape index (κ1) is 23.3. The summed E-state index contributed by atoms with van der Waals surface area (Å²) in [7, 11) is 0. The van der Waals surface area contributed by atoms with Gasteiger partial charge >= 0.3 is 6.09 Å². The Morgan fingerprint density at radius 3 is 2.31 bits per heavy atom. The normalized spacial score (nSPS) is 11.7. The van der Waals surface area contributed by atoms with E-state index in [4.69, 9.17) is 4.74 Å². The SMILES string of the molecule is O=C(NC(Cc1ccccc1)C(=O)Nc1ccc(-c2cn3ccsc3n2)cc1)OCc1ccccc1. The number of nitrogens with one attached hydrogen (secondary N) is 2. The van der Waals surface area contributed by atoms with E-state index in [2.05, 4.69) is 15.6 Å². The monoisotopic (exact) mass is 496 g/mol. The predicted octanol–water partition coefficient (Wildman–Crippen LogP) is 5.54. The third-order valence-electron chi connectivity index (χ3n) is 5.65. The van der Waals surface area contributed by atoms with Gasteiger partial charge in [-0.3, -0.25) is 9.20 Å². The van der Waals surface area contributed by atoms with Gasteiger partial charge in [0.2, 0.25) is 5.91 Å². The van der Waals surface area contributed by atoms with Crippen molar-refractivity contribution in [3.8, 4) is 11.3 Å². The van der Waals surface area contributed by atoms with Crippen molar-refractivity contribution in [2.45, 2.75) is 19.1 Å². The molecule has 0 fully saturated rings. The van der Waals surface area contributed by atoms with Crippen LogP contribution in [0.15, 0.2) is 103 Å². The number of amides is 2. The minimum atomic E-state index is -0.810. The molecule has 1 unspecified atom stereocenters. The zero-order chi connectivity index (χ0) is 24.7. The Morgan fingerprint density at radius 1 is 0.917 bits per heavy atom. The molecule has 5 rings (SSSR count). The molecule has 2 N–H and O–H groups in total. The lowest BCUT2D eigenvalue weighted by Gasteiger charge is -2.19. The molecule has 0 radical (unpaired) electrons. The standard InChI is InChI=1S/C28H24N4O3S/c33-26(29-23-13-11-22(12-14-23)25-18-32-15-16-36-27(32)30-25)24(17-20-7-3-1-4-8-20)31-28(34)35-19-21-9-5-2-6-10-21/h1-16,18,24H,17,19H2,(H,29,33)(H,31,34). The van der Waals surface area contributed by atoms with Crippen molar-refractivity contribution in [1.29, 1.82) is 0 Å². The Morgan fingerprint density at radius 2 is 1.61 bits per heavy atom. The first-order valence-electron chi connectivity index (χ1n) is 11.5. The minimum Gasteiger partial charge on any atom is -0.445 e. The van der Waals surface area contributed by atoms with Crippen molar-refractivity contribution in [2.75, 3.05) is 5.32 Å². The molecule has 180 valence electrons. The fraction of sp³-hybridized carbons (Fsp3) is 0.107. The molecule has 36 heavy (non-hydrogen) atoms. The molecule has 0 aliphatic carbocycles. The fourth-order valence-corrected chi connectivity index (χ4v) is 4.49. The van der Waals surface area contributed by atoms with Crippen LogP contribution in [0.4, 0.5) is 10.5 Å². The Hall–Kier alpha value is -4.43. The summed E-state index contributed by atoms with van der Waals surface area (Å²) in [6.45, 7) is 0.125. The number of aromatic nitrogens is 2. The number of carbonyl (C=O) groups is 2. The van der Waals surface area contributed by atoms with Crippen molar-refractivity contribution in [2.24, 2.45) is 0 Å². The van der Waals surface area contributed by atoms with E-state index in [1.165, 1.54) is 0 Å². The van der Waals surface area contributed by atoms with E-state index in [0.29, 0.717) is 12.1 Å². The first-order valence-corrected chi connectivity index (χ1v) is 12.4. The van der Waals surface area contributed by atoms with Crippen molar-refractivity contribution in [3.05, 3.63) is 114 Å². The van der Waals surface area contributed by atoms with Crippen LogP contribution >= 0.6 is 11.3 Å². The lowest BCUT2D eigenvalue weighted by Crippen LogP contribution is -2.45. The van der Waals surface area contributed by atoms with Gasteiger partial charge in [0, 0.05) is 35.4 Å². The van der Waals surface area contributed by atoms with Crippen molar-refractivity contribution in [3.63, 3.8) is 0 Å². The molecular weight excluding hydrogens is 472 g/mol. The van der Waals surface area contributed by atoms with Crippen LogP contribution in [-0.2, 0) is 22.6 Å². The third kappa shape index (κ3) is 5.79. The van der Waals surface area contributed by atoms with Crippen molar-refractivity contribution < 1.29 is 14.3 Å². The number of benzene rings is 3. The average molecular weight is 497 g/mol. The fourth-order valence-electron chi connectivity index (χ4n) is 3.79. The van der Waals surface area contributed by atoms with Gasteiger partial charge in [-0.25, -0.2) is 9.78 Å². The second-order valence-electron chi connectivity index (χ2n) is 8.23. The highest BCUT2D eigenvalue weighted by molar-refractivity contribution is 7.15. The molecule has 2 heterocycles. The molecule has 0 aliphatic rings. The summed E-state index contributed by atoms with van der Waals surface area (Å²) in [6.07, 6.45) is 3.62. The van der Waals surface area contributed by atoms with Crippen LogP contribution in [0.25, 0.3) is 16.2 Å². The van der Waals surface area contributed by atoms with Gasteiger partial charge in [0.1, 0.15) is 12.6 Å². The van der Waals surface area contributed by atoms with E-state index in [9.17, 15) is 9.59 Å². The number of hydrogen-bond donors (Lipinski definition) is 2. The zero-order valence-corrected chi connectivity index (χ0v) is 20.2. The molecule has 0 saturated heterocycles. The summed E-state index contributed by atoms with van der Waals surface area (Å²) in [6, 6.07) is 25.6. The van der Waals surface area contributed by atoms with Gasteiger partial charge in [-0.1, -0.05) is 72.8 Å². The topological polar surface area (TPSA) is 84.7 Å². The summed E-state index contributed by atoms with van der Waals surface area (Å²) < 4.78 is 7.32. The second kappa shape index (κ2) is 10.9. The number of rotatable bonds is 8. The predicted molar refractivity (Wildman–Crippen MR) is 141 cm³/mol. The maximum atomic E-state index is 13.2. The van der Waals surface area contributed by atoms with Crippen LogP contribution in [-0.4, -0.2) is 27.4 Å². The Bertz CT molecular complexity index is 1420. The van der Waals surface area contributed by atoms with Gasteiger partial charge in [-0.05, 0) is 23.3 Å². The minimum absolute atomic E-state index is 0.125.